The monoisotopic (exact) mass is 538 g/mol. The summed E-state index contributed by atoms with van der Waals surface area (Å²) >= 11 is 3.37. The van der Waals surface area contributed by atoms with Crippen LogP contribution in [0, 0.1) is 5.82 Å². The molecular weight excluding hydrogens is 514 g/mol. The highest BCUT2D eigenvalue weighted by atomic mass is 127. The summed E-state index contributed by atoms with van der Waals surface area (Å²) in [6, 6.07) is 4.96. The number of rotatable bonds is 8. The van der Waals surface area contributed by atoms with Gasteiger partial charge in [-0.15, -0.1) is 34.2 Å². The summed E-state index contributed by atoms with van der Waals surface area (Å²) in [6.07, 6.45) is 3.14. The van der Waals surface area contributed by atoms with E-state index in [1.54, 1.807) is 18.5 Å². The molecule has 0 unspecified atom stereocenters. The highest BCUT2D eigenvalue weighted by Crippen LogP contribution is 2.15. The number of nitrogens with one attached hydrogen (secondary N) is 2. The van der Waals surface area contributed by atoms with Crippen LogP contribution in [0.15, 0.2) is 34.0 Å². The number of guanidine groups is 1. The molecule has 1 aromatic carbocycles. The van der Waals surface area contributed by atoms with Crippen LogP contribution < -0.4 is 10.6 Å². The molecule has 2 N–H and O–H groups in total. The normalized spacial score (nSPS) is 11.2. The van der Waals surface area contributed by atoms with Gasteiger partial charge in [-0.2, -0.15) is 0 Å². The summed E-state index contributed by atoms with van der Waals surface area (Å²) in [5.74, 6) is 1.49. The van der Waals surface area contributed by atoms with Gasteiger partial charge in [0.2, 0.25) is 0 Å². The molecule has 2 rings (SSSR count). The van der Waals surface area contributed by atoms with Gasteiger partial charge in [-0.3, -0.25) is 4.99 Å². The van der Waals surface area contributed by atoms with Crippen molar-refractivity contribution in [2.24, 2.45) is 4.99 Å². The van der Waals surface area contributed by atoms with Crippen molar-refractivity contribution in [3.05, 3.63) is 46.2 Å². The summed E-state index contributed by atoms with van der Waals surface area (Å²) in [4.78, 5) is 4.51. The van der Waals surface area contributed by atoms with Gasteiger partial charge in [0, 0.05) is 37.1 Å². The predicted molar refractivity (Wildman–Crippen MR) is 117 cm³/mol. The molecular formula is C17H25BrFIN6. The largest absolute Gasteiger partial charge is 0.357 e. The molecule has 0 aliphatic carbocycles. The Morgan fingerprint density at radius 2 is 2.12 bits per heavy atom. The molecule has 0 fully saturated rings. The topological polar surface area (TPSA) is 67.1 Å². The molecule has 9 heteroatoms. The fourth-order valence-electron chi connectivity index (χ4n) is 2.40. The molecule has 0 spiro atoms. The van der Waals surface area contributed by atoms with Crippen LogP contribution in [0.25, 0.3) is 0 Å². The molecule has 26 heavy (non-hydrogen) atoms. The van der Waals surface area contributed by atoms with E-state index in [2.05, 4.69) is 48.7 Å². The highest BCUT2D eigenvalue weighted by molar-refractivity contribution is 14.0. The van der Waals surface area contributed by atoms with E-state index in [0.29, 0.717) is 25.1 Å². The van der Waals surface area contributed by atoms with Gasteiger partial charge in [-0.1, -0.05) is 22.9 Å². The maximum absolute atomic E-state index is 13.8. The lowest BCUT2D eigenvalue weighted by molar-refractivity contribution is 0.608. The number of hydrogen-bond acceptors (Lipinski definition) is 3. The van der Waals surface area contributed by atoms with Gasteiger partial charge >= 0.3 is 0 Å². The van der Waals surface area contributed by atoms with Gasteiger partial charge in [0.15, 0.2) is 5.96 Å². The Labute approximate surface area is 179 Å². The first-order valence-corrected chi connectivity index (χ1v) is 9.26. The first kappa shape index (κ1) is 22.8. The molecule has 6 nitrogen and oxygen atoms in total. The Balaban J connectivity index is 0.00000338. The fraction of sp³-hybridized carbons (Fsp3) is 0.471. The number of aromatic nitrogens is 3. The number of aryl methyl sites for hydroxylation is 1. The Bertz CT molecular complexity index is 706. The number of benzene rings is 1. The second-order valence-corrected chi connectivity index (χ2v) is 6.38. The van der Waals surface area contributed by atoms with Crippen molar-refractivity contribution in [3.8, 4) is 0 Å². The molecule has 1 aromatic heterocycles. The minimum Gasteiger partial charge on any atom is -0.357 e. The van der Waals surface area contributed by atoms with Gasteiger partial charge in [-0.05, 0) is 37.1 Å². The van der Waals surface area contributed by atoms with Crippen molar-refractivity contribution in [1.29, 1.82) is 0 Å². The molecule has 0 radical (unpaired) electrons. The smallest absolute Gasteiger partial charge is 0.191 e. The molecule has 1 heterocycles. The summed E-state index contributed by atoms with van der Waals surface area (Å²) in [7, 11) is 0. The van der Waals surface area contributed by atoms with Crippen LogP contribution in [0.2, 0.25) is 0 Å². The lowest BCUT2D eigenvalue weighted by atomic mass is 10.1. The molecule has 2 aromatic rings. The van der Waals surface area contributed by atoms with Gasteiger partial charge in [0.05, 0.1) is 0 Å². The van der Waals surface area contributed by atoms with E-state index in [1.165, 1.54) is 6.07 Å². The van der Waals surface area contributed by atoms with E-state index < -0.39 is 0 Å². The quantitative estimate of drug-likeness (QED) is 0.308. The van der Waals surface area contributed by atoms with Crippen molar-refractivity contribution in [2.75, 3.05) is 19.6 Å². The molecule has 144 valence electrons. The van der Waals surface area contributed by atoms with Crippen LogP contribution in [0.4, 0.5) is 4.39 Å². The van der Waals surface area contributed by atoms with E-state index in [9.17, 15) is 4.39 Å². The maximum atomic E-state index is 13.8. The molecule has 0 saturated carbocycles. The van der Waals surface area contributed by atoms with E-state index in [-0.39, 0.29) is 29.8 Å². The van der Waals surface area contributed by atoms with Crippen LogP contribution in [0.3, 0.4) is 0 Å². The van der Waals surface area contributed by atoms with E-state index in [1.807, 2.05) is 11.5 Å². The third-order valence-electron chi connectivity index (χ3n) is 3.66. The zero-order valence-corrected chi connectivity index (χ0v) is 18.9. The number of nitrogens with zero attached hydrogens (tertiary/aromatic N) is 4. The number of hydrogen-bond donors (Lipinski definition) is 2. The third-order valence-corrected chi connectivity index (χ3v) is 4.15. The average Bonchev–Trinajstić information content (AvgIpc) is 3.05. The molecule has 0 bridgehead atoms. The van der Waals surface area contributed by atoms with Crippen LogP contribution in [0.5, 0.6) is 0 Å². The van der Waals surface area contributed by atoms with E-state index in [0.717, 1.165) is 35.8 Å². The number of aliphatic imine (C=N–C) groups is 1. The Hall–Kier alpha value is -1.23. The minimum atomic E-state index is -0.198. The lowest BCUT2D eigenvalue weighted by Crippen LogP contribution is -2.39. The average molecular weight is 539 g/mol. The summed E-state index contributed by atoms with van der Waals surface area (Å²) < 4.78 is 16.7. The van der Waals surface area contributed by atoms with E-state index in [4.69, 9.17) is 0 Å². The van der Waals surface area contributed by atoms with Gasteiger partial charge < -0.3 is 15.2 Å². The lowest BCUT2D eigenvalue weighted by Gasteiger charge is -2.12. The zero-order chi connectivity index (χ0) is 18.1. The standard InChI is InChI=1S/C17H24BrFN6.HI/c1-3-16-24-23-12-25(16)10-9-22-17(20-4-2)21-8-7-13-11-14(18)5-6-15(13)19;/h5-6,11-12H,3-4,7-10H2,1-2H3,(H2,20,21,22);1H. The van der Waals surface area contributed by atoms with Crippen LogP contribution in [-0.2, 0) is 19.4 Å². The second-order valence-electron chi connectivity index (χ2n) is 5.47. The summed E-state index contributed by atoms with van der Waals surface area (Å²) in [6.45, 7) is 6.82. The Morgan fingerprint density at radius 3 is 2.85 bits per heavy atom. The van der Waals surface area contributed by atoms with Crippen molar-refractivity contribution < 1.29 is 4.39 Å². The molecule has 0 atom stereocenters. The predicted octanol–water partition coefficient (Wildman–Crippen LogP) is 3.16. The van der Waals surface area contributed by atoms with Crippen LogP contribution in [0.1, 0.15) is 25.2 Å². The highest BCUT2D eigenvalue weighted by Gasteiger charge is 2.04. The van der Waals surface area contributed by atoms with Crippen LogP contribution >= 0.6 is 39.9 Å². The minimum absolute atomic E-state index is 0. The summed E-state index contributed by atoms with van der Waals surface area (Å²) in [5.41, 5.74) is 0.658. The Morgan fingerprint density at radius 1 is 1.31 bits per heavy atom. The number of halogens is 3. The first-order valence-electron chi connectivity index (χ1n) is 8.46. The molecule has 0 amide bonds. The first-order chi connectivity index (χ1) is 12.1. The van der Waals surface area contributed by atoms with Crippen molar-refractivity contribution >= 4 is 45.9 Å². The summed E-state index contributed by atoms with van der Waals surface area (Å²) in [5, 5.41) is 14.5. The maximum Gasteiger partial charge on any atom is 0.191 e. The molecule has 0 aliphatic heterocycles. The van der Waals surface area contributed by atoms with Crippen molar-refractivity contribution in [1.82, 2.24) is 25.4 Å². The van der Waals surface area contributed by atoms with Gasteiger partial charge in [-0.25, -0.2) is 4.39 Å². The Kier molecular flexibility index (Phi) is 10.7. The van der Waals surface area contributed by atoms with Gasteiger partial charge in [0.25, 0.3) is 0 Å². The zero-order valence-electron chi connectivity index (χ0n) is 15.0. The molecule has 0 saturated heterocycles. The van der Waals surface area contributed by atoms with Gasteiger partial charge in [0.1, 0.15) is 18.0 Å². The third kappa shape index (κ3) is 7.18. The van der Waals surface area contributed by atoms with E-state index >= 15 is 0 Å². The van der Waals surface area contributed by atoms with Crippen molar-refractivity contribution in [2.45, 2.75) is 33.2 Å². The SMILES string of the molecule is CCNC(=NCCc1cc(Br)ccc1F)NCCn1cnnc1CC.I. The molecule has 0 aliphatic rings. The van der Waals surface area contributed by atoms with Crippen molar-refractivity contribution in [3.63, 3.8) is 0 Å². The van der Waals surface area contributed by atoms with Crippen LogP contribution in [-0.4, -0.2) is 40.4 Å². The fourth-order valence-corrected chi connectivity index (χ4v) is 2.81. The second kappa shape index (κ2) is 12.2.